The Bertz CT molecular complexity index is 1120. The normalized spacial score (nSPS) is 22.3. The van der Waals surface area contributed by atoms with E-state index in [1.54, 1.807) is 15.7 Å². The Kier molecular flexibility index (Phi) is 4.70. The van der Waals surface area contributed by atoms with Crippen LogP contribution < -0.4 is 5.56 Å². The predicted octanol–water partition coefficient (Wildman–Crippen LogP) is 2.75. The number of aromatic nitrogens is 3. The first-order valence-electron chi connectivity index (χ1n) is 10.6. The molecule has 7 heteroatoms. The van der Waals surface area contributed by atoms with Gasteiger partial charge in [-0.15, -0.1) is 0 Å². The van der Waals surface area contributed by atoms with E-state index in [1.807, 2.05) is 37.3 Å². The predicted molar refractivity (Wildman–Crippen MR) is 114 cm³/mol. The number of rotatable bonds is 3. The van der Waals surface area contributed by atoms with Gasteiger partial charge >= 0.3 is 0 Å². The third kappa shape index (κ3) is 3.23. The van der Waals surface area contributed by atoms with Crippen molar-refractivity contribution in [2.45, 2.75) is 50.7 Å². The van der Waals surface area contributed by atoms with E-state index >= 15 is 0 Å². The molecule has 156 valence electrons. The molecule has 0 atom stereocenters. The van der Waals surface area contributed by atoms with Gasteiger partial charge in [0.05, 0.1) is 23.1 Å². The summed E-state index contributed by atoms with van der Waals surface area (Å²) in [5.41, 5.74) is 2.69. The number of carbonyl (C=O) groups is 1. The molecule has 3 heterocycles. The highest BCUT2D eigenvalue weighted by molar-refractivity contribution is 5.96. The standard InChI is InChI=1S/C23H26N4O3/c1-14-10-11-27(16-6-8-17(28)9-7-16)23(30)20(14)22(29)26-12-15(13-26)21-24-18-4-2-3-5-19(18)25-21/h2-5,10-11,15-17,28H,6-9,12-13H2,1H3,(H,24,25). The Labute approximate surface area is 174 Å². The molecule has 1 amide bonds. The fourth-order valence-corrected chi connectivity index (χ4v) is 4.67. The highest BCUT2D eigenvalue weighted by atomic mass is 16.3. The summed E-state index contributed by atoms with van der Waals surface area (Å²) in [6, 6.07) is 9.80. The van der Waals surface area contributed by atoms with Crippen LogP contribution in [0.25, 0.3) is 11.0 Å². The number of H-pyrrole nitrogens is 1. The molecule has 1 saturated carbocycles. The van der Waals surface area contributed by atoms with Gasteiger partial charge in [-0.05, 0) is 56.4 Å². The minimum absolute atomic E-state index is 0.0488. The van der Waals surface area contributed by atoms with Crippen LogP contribution in [0.2, 0.25) is 0 Å². The van der Waals surface area contributed by atoms with Gasteiger partial charge < -0.3 is 19.6 Å². The zero-order valence-electron chi connectivity index (χ0n) is 17.0. The van der Waals surface area contributed by atoms with Gasteiger partial charge in [-0.2, -0.15) is 0 Å². The molecule has 0 unspecified atom stereocenters. The summed E-state index contributed by atoms with van der Waals surface area (Å²) >= 11 is 0. The third-order valence-electron chi connectivity index (χ3n) is 6.56. The molecule has 0 bridgehead atoms. The van der Waals surface area contributed by atoms with Gasteiger partial charge in [0, 0.05) is 25.3 Å². The van der Waals surface area contributed by atoms with E-state index in [2.05, 4.69) is 9.97 Å². The number of para-hydroxylation sites is 2. The number of pyridine rings is 1. The van der Waals surface area contributed by atoms with Crippen LogP contribution in [-0.2, 0) is 0 Å². The molecule has 5 rings (SSSR count). The molecular weight excluding hydrogens is 380 g/mol. The SMILES string of the molecule is Cc1ccn(C2CCC(O)CC2)c(=O)c1C(=O)N1CC(c2nc3ccccc3[nH]2)C1. The van der Waals surface area contributed by atoms with Crippen molar-refractivity contribution in [2.75, 3.05) is 13.1 Å². The average molecular weight is 406 g/mol. The van der Waals surface area contributed by atoms with E-state index in [0.29, 0.717) is 31.5 Å². The van der Waals surface area contributed by atoms with E-state index in [4.69, 9.17) is 0 Å². The van der Waals surface area contributed by atoms with E-state index in [-0.39, 0.29) is 35.1 Å². The number of fused-ring (bicyclic) bond motifs is 1. The molecule has 0 radical (unpaired) electrons. The Morgan fingerprint density at radius 1 is 1.13 bits per heavy atom. The van der Waals surface area contributed by atoms with Gasteiger partial charge in [0.2, 0.25) is 0 Å². The first-order chi connectivity index (χ1) is 14.5. The number of likely N-dealkylation sites (tertiary alicyclic amines) is 1. The van der Waals surface area contributed by atoms with Crippen LogP contribution in [0.4, 0.5) is 0 Å². The smallest absolute Gasteiger partial charge is 0.263 e. The molecule has 7 nitrogen and oxygen atoms in total. The second-order valence-corrected chi connectivity index (χ2v) is 8.59. The summed E-state index contributed by atoms with van der Waals surface area (Å²) in [6.07, 6.45) is 4.42. The van der Waals surface area contributed by atoms with Crippen molar-refractivity contribution in [3.63, 3.8) is 0 Å². The van der Waals surface area contributed by atoms with Crippen LogP contribution in [0.5, 0.6) is 0 Å². The topological polar surface area (TPSA) is 91.2 Å². The number of nitrogens with one attached hydrogen (secondary N) is 1. The van der Waals surface area contributed by atoms with Crippen LogP contribution in [-0.4, -0.2) is 49.6 Å². The van der Waals surface area contributed by atoms with E-state index < -0.39 is 0 Å². The first kappa shape index (κ1) is 19.1. The number of hydrogen-bond acceptors (Lipinski definition) is 4. The number of aromatic amines is 1. The van der Waals surface area contributed by atoms with Gasteiger partial charge in [0.1, 0.15) is 11.4 Å². The lowest BCUT2D eigenvalue weighted by molar-refractivity contribution is 0.0591. The van der Waals surface area contributed by atoms with E-state index in [9.17, 15) is 14.7 Å². The number of hydrogen-bond donors (Lipinski definition) is 2. The molecule has 2 N–H and O–H groups in total. The quantitative estimate of drug-likeness (QED) is 0.700. The zero-order chi connectivity index (χ0) is 20.8. The fourth-order valence-electron chi connectivity index (χ4n) is 4.67. The van der Waals surface area contributed by atoms with Crippen molar-refractivity contribution in [3.05, 3.63) is 63.8 Å². The number of aliphatic hydroxyl groups is 1. The highest BCUT2D eigenvalue weighted by Crippen LogP contribution is 2.30. The first-order valence-corrected chi connectivity index (χ1v) is 10.6. The summed E-state index contributed by atoms with van der Waals surface area (Å²) in [7, 11) is 0. The van der Waals surface area contributed by atoms with Gasteiger partial charge in [0.15, 0.2) is 0 Å². The minimum atomic E-state index is -0.278. The summed E-state index contributed by atoms with van der Waals surface area (Å²) in [5, 5.41) is 9.75. The molecule has 3 aromatic rings. The molecular formula is C23H26N4O3. The number of nitrogens with zero attached hydrogens (tertiary/aromatic N) is 3. The van der Waals surface area contributed by atoms with Crippen LogP contribution in [0.15, 0.2) is 41.3 Å². The van der Waals surface area contributed by atoms with Gasteiger partial charge in [-0.25, -0.2) is 4.98 Å². The molecule has 0 spiro atoms. The molecule has 2 aliphatic rings. The Morgan fingerprint density at radius 3 is 2.60 bits per heavy atom. The van der Waals surface area contributed by atoms with Gasteiger partial charge in [0.25, 0.3) is 11.5 Å². The Balaban J connectivity index is 1.34. The zero-order valence-corrected chi connectivity index (χ0v) is 17.0. The molecule has 1 aromatic carbocycles. The summed E-state index contributed by atoms with van der Waals surface area (Å²) < 4.78 is 1.70. The summed E-state index contributed by atoms with van der Waals surface area (Å²) in [5.74, 6) is 0.852. The monoisotopic (exact) mass is 406 g/mol. The maximum Gasteiger partial charge on any atom is 0.263 e. The molecule has 1 aliphatic carbocycles. The van der Waals surface area contributed by atoms with Crippen LogP contribution >= 0.6 is 0 Å². The molecule has 1 aliphatic heterocycles. The number of benzene rings is 1. The maximum absolute atomic E-state index is 13.2. The maximum atomic E-state index is 13.2. The summed E-state index contributed by atoms with van der Waals surface area (Å²) in [6.45, 7) is 2.93. The van der Waals surface area contributed by atoms with E-state index in [1.165, 1.54) is 0 Å². The lowest BCUT2D eigenvalue weighted by atomic mass is 9.92. The molecule has 1 saturated heterocycles. The number of amides is 1. The van der Waals surface area contributed by atoms with Gasteiger partial charge in [-0.1, -0.05) is 12.1 Å². The van der Waals surface area contributed by atoms with E-state index in [0.717, 1.165) is 29.7 Å². The number of aliphatic hydroxyl groups excluding tert-OH is 1. The van der Waals surface area contributed by atoms with Crippen LogP contribution in [0, 0.1) is 6.92 Å². The van der Waals surface area contributed by atoms with Crippen LogP contribution in [0.3, 0.4) is 0 Å². The molecule has 2 aromatic heterocycles. The Hall–Kier alpha value is -2.93. The van der Waals surface area contributed by atoms with Crippen molar-refractivity contribution in [3.8, 4) is 0 Å². The largest absolute Gasteiger partial charge is 0.393 e. The highest BCUT2D eigenvalue weighted by Gasteiger charge is 2.36. The molecule has 2 fully saturated rings. The number of aryl methyl sites for hydroxylation is 1. The second kappa shape index (κ2) is 7.40. The third-order valence-corrected chi connectivity index (χ3v) is 6.56. The lowest BCUT2D eigenvalue weighted by Crippen LogP contribution is -2.50. The van der Waals surface area contributed by atoms with Crippen molar-refractivity contribution in [1.82, 2.24) is 19.4 Å². The second-order valence-electron chi connectivity index (χ2n) is 8.59. The van der Waals surface area contributed by atoms with Crippen molar-refractivity contribution in [2.24, 2.45) is 0 Å². The van der Waals surface area contributed by atoms with Gasteiger partial charge in [-0.3, -0.25) is 9.59 Å². The summed E-state index contributed by atoms with van der Waals surface area (Å²) in [4.78, 5) is 36.0. The van der Waals surface area contributed by atoms with Crippen molar-refractivity contribution < 1.29 is 9.90 Å². The number of carbonyl (C=O) groups excluding carboxylic acids is 1. The Morgan fingerprint density at radius 2 is 1.87 bits per heavy atom. The minimum Gasteiger partial charge on any atom is -0.393 e. The van der Waals surface area contributed by atoms with Crippen molar-refractivity contribution >= 4 is 16.9 Å². The lowest BCUT2D eigenvalue weighted by Gasteiger charge is -2.38. The fraction of sp³-hybridized carbons (Fsp3) is 0.435. The van der Waals surface area contributed by atoms with Crippen LogP contribution in [0.1, 0.15) is 59.4 Å². The molecule has 30 heavy (non-hydrogen) atoms. The number of imidazole rings is 1. The average Bonchev–Trinajstić information content (AvgIpc) is 3.11. The van der Waals surface area contributed by atoms with Crippen molar-refractivity contribution in [1.29, 1.82) is 0 Å².